The minimum atomic E-state index is -0.264. The molecule has 4 rings (SSSR count). The Morgan fingerprint density at radius 1 is 0.931 bits per heavy atom. The Hall–Kier alpha value is -2.86. The quantitative estimate of drug-likeness (QED) is 0.759. The van der Waals surface area contributed by atoms with Crippen LogP contribution in [0.5, 0.6) is 5.75 Å². The molecule has 0 atom stereocenters. The summed E-state index contributed by atoms with van der Waals surface area (Å²) in [6.45, 7) is 2.01. The normalized spacial score (nSPS) is 17.5. The molecule has 2 fully saturated rings. The molecule has 0 radical (unpaired) electrons. The number of amides is 2. The molecule has 1 aliphatic carbocycles. The lowest BCUT2D eigenvalue weighted by molar-refractivity contribution is -0.124. The first-order valence-corrected chi connectivity index (χ1v) is 10.3. The van der Waals surface area contributed by atoms with E-state index in [-0.39, 0.29) is 24.5 Å². The van der Waals surface area contributed by atoms with Crippen LogP contribution in [0.4, 0.5) is 5.69 Å². The molecule has 0 aromatic heterocycles. The Kier molecular flexibility index (Phi) is 6.10. The predicted molar refractivity (Wildman–Crippen MR) is 112 cm³/mol. The molecule has 0 spiro atoms. The second-order valence-corrected chi connectivity index (χ2v) is 7.71. The first kappa shape index (κ1) is 19.5. The first-order chi connectivity index (χ1) is 14.2. The van der Waals surface area contributed by atoms with Crippen molar-refractivity contribution in [3.05, 3.63) is 60.2 Å². The zero-order valence-corrected chi connectivity index (χ0v) is 16.5. The van der Waals surface area contributed by atoms with Crippen LogP contribution in [0.1, 0.15) is 36.0 Å². The number of carbonyl (C=O) groups is 2. The summed E-state index contributed by atoms with van der Waals surface area (Å²) in [7, 11) is 0. The minimum absolute atomic E-state index is 0.0987. The summed E-state index contributed by atoms with van der Waals surface area (Å²) in [5, 5.41) is 5.91. The van der Waals surface area contributed by atoms with Crippen molar-refractivity contribution >= 4 is 17.5 Å². The summed E-state index contributed by atoms with van der Waals surface area (Å²) in [4.78, 5) is 27.5. The third-order valence-corrected chi connectivity index (χ3v) is 5.48. The van der Waals surface area contributed by atoms with Gasteiger partial charge in [-0.25, -0.2) is 0 Å². The Morgan fingerprint density at radius 3 is 2.34 bits per heavy atom. The molecule has 2 N–H and O–H groups in total. The highest BCUT2D eigenvalue weighted by atomic mass is 16.5. The van der Waals surface area contributed by atoms with Gasteiger partial charge in [-0.05, 0) is 49.9 Å². The van der Waals surface area contributed by atoms with Gasteiger partial charge in [-0.1, -0.05) is 30.3 Å². The van der Waals surface area contributed by atoms with Gasteiger partial charge in [0.15, 0.2) is 6.61 Å². The number of carbonyl (C=O) groups excluding carboxylic acids is 2. The van der Waals surface area contributed by atoms with Gasteiger partial charge in [0, 0.05) is 30.9 Å². The lowest BCUT2D eigenvalue weighted by Crippen LogP contribution is -2.46. The van der Waals surface area contributed by atoms with E-state index in [9.17, 15) is 9.59 Å². The fourth-order valence-corrected chi connectivity index (χ4v) is 3.76. The van der Waals surface area contributed by atoms with Crippen molar-refractivity contribution in [2.75, 3.05) is 25.0 Å². The van der Waals surface area contributed by atoms with Gasteiger partial charge in [0.25, 0.3) is 11.8 Å². The van der Waals surface area contributed by atoms with E-state index in [4.69, 9.17) is 4.74 Å². The van der Waals surface area contributed by atoms with Crippen LogP contribution in [0.3, 0.4) is 0 Å². The average molecular weight is 393 g/mol. The molecule has 1 saturated heterocycles. The maximum absolute atomic E-state index is 12.6. The maximum atomic E-state index is 12.6. The van der Waals surface area contributed by atoms with Gasteiger partial charge in [0.05, 0.1) is 5.56 Å². The monoisotopic (exact) mass is 393 g/mol. The van der Waals surface area contributed by atoms with E-state index in [2.05, 4.69) is 15.5 Å². The first-order valence-electron chi connectivity index (χ1n) is 10.3. The van der Waals surface area contributed by atoms with E-state index in [1.54, 1.807) is 24.3 Å². The molecule has 1 heterocycles. The van der Waals surface area contributed by atoms with E-state index in [0.717, 1.165) is 32.0 Å². The lowest BCUT2D eigenvalue weighted by atomic mass is 10.0. The summed E-state index contributed by atoms with van der Waals surface area (Å²) >= 11 is 0. The summed E-state index contributed by atoms with van der Waals surface area (Å²) < 4.78 is 5.69. The Bertz CT molecular complexity index is 843. The lowest BCUT2D eigenvalue weighted by Gasteiger charge is -2.32. The number of nitrogens with zero attached hydrogens (tertiary/aromatic N) is 1. The molecule has 2 aliphatic rings. The largest absolute Gasteiger partial charge is 0.483 e. The predicted octanol–water partition coefficient (Wildman–Crippen LogP) is 3.06. The third kappa shape index (κ3) is 5.35. The summed E-state index contributed by atoms with van der Waals surface area (Å²) in [5.74, 6) is -0.00701. The van der Waals surface area contributed by atoms with Crippen LogP contribution in [0.25, 0.3) is 0 Å². The number of rotatable bonds is 7. The van der Waals surface area contributed by atoms with Gasteiger partial charge >= 0.3 is 0 Å². The van der Waals surface area contributed by atoms with Crippen molar-refractivity contribution < 1.29 is 14.3 Å². The van der Waals surface area contributed by atoms with Gasteiger partial charge in [0.1, 0.15) is 5.75 Å². The molecule has 152 valence electrons. The van der Waals surface area contributed by atoms with Crippen LogP contribution in [0.2, 0.25) is 0 Å². The average Bonchev–Trinajstić information content (AvgIpc) is 3.59. The highest BCUT2D eigenvalue weighted by molar-refractivity contribution is 6.06. The third-order valence-electron chi connectivity index (χ3n) is 5.48. The zero-order chi connectivity index (χ0) is 20.1. The molecule has 2 aromatic carbocycles. The number of piperidine rings is 1. The molecule has 0 bridgehead atoms. The standard InChI is InChI=1S/C23H27N3O3/c27-22(24-18-12-14-26(15-13-18)19-10-11-19)16-29-21-9-5-4-8-20(21)23(28)25-17-6-2-1-3-7-17/h1-9,18-19H,10-16H2,(H,24,27)(H,25,28). The van der Waals surface area contributed by atoms with Gasteiger partial charge in [0.2, 0.25) is 0 Å². The highest BCUT2D eigenvalue weighted by Crippen LogP contribution is 2.29. The molecular weight excluding hydrogens is 366 g/mol. The zero-order valence-electron chi connectivity index (χ0n) is 16.5. The van der Waals surface area contributed by atoms with E-state index < -0.39 is 0 Å². The summed E-state index contributed by atoms with van der Waals surface area (Å²) in [5.41, 5.74) is 1.12. The molecule has 1 saturated carbocycles. The van der Waals surface area contributed by atoms with Crippen molar-refractivity contribution in [2.24, 2.45) is 0 Å². The van der Waals surface area contributed by atoms with Gasteiger partial charge in [-0.3, -0.25) is 9.59 Å². The Balaban J connectivity index is 1.28. The van der Waals surface area contributed by atoms with Crippen molar-refractivity contribution in [1.29, 1.82) is 0 Å². The number of para-hydroxylation sites is 2. The van der Waals surface area contributed by atoms with Crippen molar-refractivity contribution in [3.8, 4) is 5.75 Å². The fourth-order valence-electron chi connectivity index (χ4n) is 3.76. The number of ether oxygens (including phenoxy) is 1. The second kappa shape index (κ2) is 9.09. The Morgan fingerprint density at radius 2 is 1.62 bits per heavy atom. The number of hydrogen-bond donors (Lipinski definition) is 2. The number of benzene rings is 2. The minimum Gasteiger partial charge on any atom is -0.483 e. The maximum Gasteiger partial charge on any atom is 0.259 e. The van der Waals surface area contributed by atoms with Crippen LogP contribution in [-0.2, 0) is 4.79 Å². The molecule has 2 aromatic rings. The van der Waals surface area contributed by atoms with E-state index >= 15 is 0 Å². The smallest absolute Gasteiger partial charge is 0.259 e. The highest BCUT2D eigenvalue weighted by Gasteiger charge is 2.32. The van der Waals surface area contributed by atoms with Crippen molar-refractivity contribution in [3.63, 3.8) is 0 Å². The molecule has 6 heteroatoms. The number of likely N-dealkylation sites (tertiary alicyclic amines) is 1. The van der Waals surface area contributed by atoms with E-state index in [1.165, 1.54) is 12.8 Å². The van der Waals surface area contributed by atoms with Gasteiger partial charge in [-0.15, -0.1) is 0 Å². The summed E-state index contributed by atoms with van der Waals surface area (Å²) in [6, 6.07) is 17.2. The van der Waals surface area contributed by atoms with Crippen LogP contribution in [-0.4, -0.2) is 48.5 Å². The fraction of sp³-hybridized carbons (Fsp3) is 0.391. The van der Waals surface area contributed by atoms with Crippen LogP contribution >= 0.6 is 0 Å². The molecule has 0 unspecified atom stereocenters. The van der Waals surface area contributed by atoms with Crippen molar-refractivity contribution in [2.45, 2.75) is 37.8 Å². The van der Waals surface area contributed by atoms with Gasteiger partial charge < -0.3 is 20.3 Å². The van der Waals surface area contributed by atoms with Crippen LogP contribution in [0, 0.1) is 0 Å². The number of hydrogen-bond acceptors (Lipinski definition) is 4. The van der Waals surface area contributed by atoms with Gasteiger partial charge in [-0.2, -0.15) is 0 Å². The van der Waals surface area contributed by atoms with Crippen molar-refractivity contribution in [1.82, 2.24) is 10.2 Å². The molecular formula is C23H27N3O3. The topological polar surface area (TPSA) is 70.7 Å². The van der Waals surface area contributed by atoms with Crippen LogP contribution < -0.4 is 15.4 Å². The molecule has 1 aliphatic heterocycles. The SMILES string of the molecule is O=C(COc1ccccc1C(=O)Nc1ccccc1)NC1CCN(C2CC2)CC1. The molecule has 29 heavy (non-hydrogen) atoms. The number of anilines is 1. The summed E-state index contributed by atoms with van der Waals surface area (Å²) in [6.07, 6.45) is 4.61. The van der Waals surface area contributed by atoms with E-state index in [1.807, 2.05) is 30.3 Å². The molecule has 6 nitrogen and oxygen atoms in total. The van der Waals surface area contributed by atoms with Crippen LogP contribution in [0.15, 0.2) is 54.6 Å². The Labute approximate surface area is 171 Å². The van der Waals surface area contributed by atoms with E-state index in [0.29, 0.717) is 17.0 Å². The number of nitrogens with one attached hydrogen (secondary N) is 2. The molecule has 2 amide bonds. The second-order valence-electron chi connectivity index (χ2n) is 7.71.